The van der Waals surface area contributed by atoms with E-state index in [9.17, 15) is 19.2 Å². The number of nitrogens with zero attached hydrogens (tertiary/aromatic N) is 7. The Morgan fingerprint density at radius 2 is 1.69 bits per heavy atom. The minimum absolute atomic E-state index is 0.0236. The van der Waals surface area contributed by atoms with E-state index in [1.54, 1.807) is 54.3 Å². The molecule has 1 aliphatic carbocycles. The van der Waals surface area contributed by atoms with Crippen molar-refractivity contribution < 1.29 is 28.0 Å². The molecule has 3 aliphatic heterocycles. The Hall–Kier alpha value is -6.18. The van der Waals surface area contributed by atoms with Crippen molar-refractivity contribution in [3.05, 3.63) is 107 Å². The molecule has 4 amide bonds. The monoisotopic (exact) mass is 828 g/mol. The van der Waals surface area contributed by atoms with Gasteiger partial charge in [-0.25, -0.2) is 8.78 Å². The number of hydrogen-bond donors (Lipinski definition) is 1. The number of carbonyl (C=O) groups is 4. The third-order valence-corrected chi connectivity index (χ3v) is 12.9. The average Bonchev–Trinajstić information content (AvgIpc) is 3.85. The summed E-state index contributed by atoms with van der Waals surface area (Å²) in [5, 5.41) is 10.6. The SMILES string of the molecule is CN(C)C(=O)c1cc(-c2ccc(C3CCN(c4ccc(C5CCC(=O)NC5=O)cc4F)CC3)cc2)c2c(c1)c(F)c(C1=CCCN(C(=O)CCn3ccnn3)C1)n2CC1CC1. The minimum atomic E-state index is -0.537. The summed E-state index contributed by atoms with van der Waals surface area (Å²) in [6, 6.07) is 16.9. The number of fused-ring (bicyclic) bond motifs is 1. The van der Waals surface area contributed by atoms with Crippen LogP contribution in [-0.2, 0) is 27.5 Å². The van der Waals surface area contributed by atoms with Crippen molar-refractivity contribution in [2.75, 3.05) is 45.2 Å². The van der Waals surface area contributed by atoms with Crippen molar-refractivity contribution in [1.29, 1.82) is 0 Å². The molecule has 1 saturated carbocycles. The molecule has 14 heteroatoms. The highest BCUT2D eigenvalue weighted by molar-refractivity contribution is 6.05. The summed E-state index contributed by atoms with van der Waals surface area (Å²) >= 11 is 0. The lowest BCUT2D eigenvalue weighted by Gasteiger charge is -2.34. The smallest absolute Gasteiger partial charge is 0.253 e. The molecule has 1 N–H and O–H groups in total. The maximum absolute atomic E-state index is 17.2. The lowest BCUT2D eigenvalue weighted by atomic mass is 9.87. The van der Waals surface area contributed by atoms with Gasteiger partial charge in [0.2, 0.25) is 17.7 Å². The minimum Gasteiger partial charge on any atom is -0.369 e. The van der Waals surface area contributed by atoms with E-state index in [0.29, 0.717) is 85.9 Å². The predicted octanol–water partition coefficient (Wildman–Crippen LogP) is 6.90. The number of amides is 4. The zero-order chi connectivity index (χ0) is 42.4. The Morgan fingerprint density at radius 3 is 2.38 bits per heavy atom. The largest absolute Gasteiger partial charge is 0.369 e. The molecule has 0 bridgehead atoms. The molecular formula is C47H50F2N8O4. The highest BCUT2D eigenvalue weighted by Crippen LogP contribution is 2.42. The molecule has 0 spiro atoms. The van der Waals surface area contributed by atoms with Crippen LogP contribution >= 0.6 is 0 Å². The Morgan fingerprint density at radius 1 is 0.918 bits per heavy atom. The number of carbonyl (C=O) groups excluding carboxylic acids is 4. The molecule has 5 aromatic rings. The first-order valence-electron chi connectivity index (χ1n) is 21.4. The average molecular weight is 829 g/mol. The fourth-order valence-electron chi connectivity index (χ4n) is 9.35. The number of imide groups is 1. The second kappa shape index (κ2) is 16.7. The van der Waals surface area contributed by atoms with Crippen LogP contribution in [0.15, 0.2) is 73.1 Å². The molecule has 1 unspecified atom stereocenters. The Kier molecular flexibility index (Phi) is 11.0. The standard InChI is InChI=1S/C47H50F2N8O4/c1-53(2)47(61)35-24-37(32-9-7-30(8-10-32)31-15-20-54(21-16-31)40-13-11-33(26-39(40)48)36-12-14-41(58)51-46(36)60)45-38(25-35)43(49)44(57(45)27-29-5-6-29)34-4-3-19-55(28-34)42(59)17-22-56-23-18-50-52-56/h4,7-11,13,18,23-26,29,31,36H,3,5-6,12,14-17,19-22,27-28H2,1-2H3,(H,51,58,60). The van der Waals surface area contributed by atoms with Gasteiger partial charge < -0.3 is 19.3 Å². The molecule has 3 aromatic carbocycles. The first-order chi connectivity index (χ1) is 29.5. The molecule has 316 valence electrons. The number of halogens is 2. The van der Waals surface area contributed by atoms with Gasteiger partial charge in [0.1, 0.15) is 5.82 Å². The van der Waals surface area contributed by atoms with Crippen LogP contribution in [0.5, 0.6) is 0 Å². The number of hydrogen-bond acceptors (Lipinski definition) is 7. The van der Waals surface area contributed by atoms with E-state index in [-0.39, 0.29) is 54.0 Å². The second-order valence-corrected chi connectivity index (χ2v) is 17.2. The van der Waals surface area contributed by atoms with Crippen molar-refractivity contribution in [2.24, 2.45) is 5.92 Å². The topological polar surface area (TPSA) is 126 Å². The van der Waals surface area contributed by atoms with Crippen molar-refractivity contribution in [3.8, 4) is 11.1 Å². The second-order valence-electron chi connectivity index (χ2n) is 17.2. The Labute approximate surface area is 353 Å². The third-order valence-electron chi connectivity index (χ3n) is 12.9. The number of benzene rings is 3. The molecule has 0 radical (unpaired) electrons. The van der Waals surface area contributed by atoms with Crippen molar-refractivity contribution in [2.45, 2.75) is 76.3 Å². The summed E-state index contributed by atoms with van der Waals surface area (Å²) < 4.78 is 36.4. The molecule has 1 atom stereocenters. The fraction of sp³-hybridized carbons (Fsp3) is 0.404. The summed E-state index contributed by atoms with van der Waals surface area (Å²) in [7, 11) is 3.39. The summed E-state index contributed by atoms with van der Waals surface area (Å²) in [5.74, 6) is -1.54. The quantitative estimate of drug-likeness (QED) is 0.144. The molecule has 2 saturated heterocycles. The Bertz CT molecular complexity index is 2540. The van der Waals surface area contributed by atoms with Crippen molar-refractivity contribution in [3.63, 3.8) is 0 Å². The molecular weight excluding hydrogens is 779 g/mol. The summed E-state index contributed by atoms with van der Waals surface area (Å²) in [6.07, 6.45) is 10.6. The number of nitrogens with one attached hydrogen (secondary N) is 1. The van der Waals surface area contributed by atoms with Gasteiger partial charge in [-0.05, 0) is 96.9 Å². The molecule has 3 fully saturated rings. The summed E-state index contributed by atoms with van der Waals surface area (Å²) in [4.78, 5) is 56.3. The van der Waals surface area contributed by atoms with Crippen LogP contribution in [-0.4, -0.2) is 93.3 Å². The number of anilines is 1. The molecule has 2 aromatic heterocycles. The summed E-state index contributed by atoms with van der Waals surface area (Å²) in [6.45, 7) is 3.22. The van der Waals surface area contributed by atoms with Gasteiger partial charge in [-0.3, -0.25) is 29.2 Å². The third kappa shape index (κ3) is 8.19. The van der Waals surface area contributed by atoms with E-state index in [4.69, 9.17) is 0 Å². The normalized spacial score (nSPS) is 18.7. The number of rotatable bonds is 11. The maximum Gasteiger partial charge on any atom is 0.253 e. The number of aryl methyl sites for hydroxylation is 1. The van der Waals surface area contributed by atoms with Crippen molar-refractivity contribution >= 4 is 45.8 Å². The van der Waals surface area contributed by atoms with Gasteiger partial charge in [0.05, 0.1) is 35.6 Å². The van der Waals surface area contributed by atoms with Gasteiger partial charge in [0, 0.05) is 82.4 Å². The van der Waals surface area contributed by atoms with Crippen LogP contribution in [0.4, 0.5) is 14.5 Å². The van der Waals surface area contributed by atoms with E-state index in [0.717, 1.165) is 53.5 Å². The first-order valence-corrected chi connectivity index (χ1v) is 21.4. The van der Waals surface area contributed by atoms with Gasteiger partial charge in [-0.15, -0.1) is 5.10 Å². The van der Waals surface area contributed by atoms with Crippen LogP contribution in [0.3, 0.4) is 0 Å². The lowest BCUT2D eigenvalue weighted by molar-refractivity contribution is -0.134. The predicted molar refractivity (Wildman–Crippen MR) is 228 cm³/mol. The van der Waals surface area contributed by atoms with E-state index in [1.165, 1.54) is 11.0 Å². The fourth-order valence-corrected chi connectivity index (χ4v) is 9.35. The zero-order valence-corrected chi connectivity index (χ0v) is 34.6. The lowest BCUT2D eigenvalue weighted by Crippen LogP contribution is -2.39. The van der Waals surface area contributed by atoms with E-state index < -0.39 is 5.92 Å². The molecule has 9 rings (SSSR count). The van der Waals surface area contributed by atoms with Gasteiger partial charge >= 0.3 is 0 Å². The zero-order valence-electron chi connectivity index (χ0n) is 34.6. The highest BCUT2D eigenvalue weighted by Gasteiger charge is 2.33. The van der Waals surface area contributed by atoms with Crippen molar-refractivity contribution in [1.82, 2.24) is 34.7 Å². The van der Waals surface area contributed by atoms with Crippen LogP contribution in [0, 0.1) is 17.6 Å². The first kappa shape index (κ1) is 40.2. The van der Waals surface area contributed by atoms with Gasteiger partial charge in [-0.2, -0.15) is 0 Å². The Balaban J connectivity index is 0.979. The number of piperidine rings is 2. The van der Waals surface area contributed by atoms with Crippen LogP contribution in [0.1, 0.15) is 90.4 Å². The molecule has 4 aliphatic rings. The molecule has 12 nitrogen and oxygen atoms in total. The maximum atomic E-state index is 17.2. The van der Waals surface area contributed by atoms with Gasteiger partial charge in [0.25, 0.3) is 5.91 Å². The summed E-state index contributed by atoms with van der Waals surface area (Å²) in [5.41, 5.74) is 6.31. The highest BCUT2D eigenvalue weighted by atomic mass is 19.1. The van der Waals surface area contributed by atoms with E-state index in [1.807, 2.05) is 6.07 Å². The van der Waals surface area contributed by atoms with Gasteiger partial charge in [0.15, 0.2) is 5.82 Å². The van der Waals surface area contributed by atoms with E-state index >= 15 is 8.78 Å². The molecule has 61 heavy (non-hydrogen) atoms. The van der Waals surface area contributed by atoms with E-state index in [2.05, 4.69) is 55.4 Å². The van der Waals surface area contributed by atoms with Crippen LogP contribution in [0.2, 0.25) is 0 Å². The van der Waals surface area contributed by atoms with Gasteiger partial charge in [-0.1, -0.05) is 41.6 Å². The van der Waals surface area contributed by atoms with Crippen LogP contribution in [0.25, 0.3) is 27.6 Å². The molecule has 5 heterocycles. The van der Waals surface area contributed by atoms with Crippen LogP contribution < -0.4 is 10.2 Å². The number of aromatic nitrogens is 4.